The van der Waals surface area contributed by atoms with Gasteiger partial charge < -0.3 is 14.1 Å². The molecule has 1 amide bonds. The summed E-state index contributed by atoms with van der Waals surface area (Å²) in [6.45, 7) is 1.96. The van der Waals surface area contributed by atoms with E-state index in [2.05, 4.69) is 4.74 Å². The van der Waals surface area contributed by atoms with E-state index in [1.165, 1.54) is 18.9 Å². The molecule has 128 valence electrons. The van der Waals surface area contributed by atoms with Crippen LogP contribution in [0, 0.1) is 6.92 Å². The average molecular weight is 368 g/mol. The summed E-state index contributed by atoms with van der Waals surface area (Å²) in [4.78, 5) is 26.2. The molecule has 0 aliphatic heterocycles. The Morgan fingerprint density at radius 3 is 2.71 bits per heavy atom. The summed E-state index contributed by atoms with van der Waals surface area (Å²) in [7, 11) is 3.00. The smallest absolute Gasteiger partial charge is 0.341 e. The number of aryl methyl sites for hydroxylation is 1. The van der Waals surface area contributed by atoms with Crippen LogP contribution in [0.5, 0.6) is 0 Å². The van der Waals surface area contributed by atoms with Crippen molar-refractivity contribution in [1.29, 1.82) is 0 Å². The quantitative estimate of drug-likeness (QED) is 0.574. The van der Waals surface area contributed by atoms with Crippen molar-refractivity contribution in [2.24, 2.45) is 0 Å². The Balaban J connectivity index is 1.94. The molecule has 0 bridgehead atoms. The monoisotopic (exact) mass is 367 g/mol. The van der Waals surface area contributed by atoms with Crippen LogP contribution >= 0.6 is 23.4 Å². The van der Waals surface area contributed by atoms with E-state index in [4.69, 9.17) is 16.0 Å². The zero-order valence-electron chi connectivity index (χ0n) is 13.7. The lowest BCUT2D eigenvalue weighted by molar-refractivity contribution is -0.127. The number of amides is 1. The predicted octanol–water partition coefficient (Wildman–Crippen LogP) is 3.78. The van der Waals surface area contributed by atoms with Gasteiger partial charge in [0.25, 0.3) is 0 Å². The Bertz CT molecular complexity index is 744. The number of rotatable bonds is 6. The minimum atomic E-state index is -0.453. The molecule has 0 aliphatic rings. The Kier molecular flexibility index (Phi) is 6.34. The number of furan rings is 1. The standard InChI is InChI=1S/C17H18ClNO4S/c1-11-13(17(21)22-3)8-12(23-11)9-19(2)16(20)10-24-15-7-5-4-6-14(15)18/h4-8H,9-10H2,1-3H3. The fourth-order valence-electron chi connectivity index (χ4n) is 2.07. The first-order valence-corrected chi connectivity index (χ1v) is 8.57. The molecule has 2 aromatic rings. The first-order valence-electron chi connectivity index (χ1n) is 7.21. The van der Waals surface area contributed by atoms with Crippen molar-refractivity contribution in [3.05, 3.63) is 52.4 Å². The van der Waals surface area contributed by atoms with Gasteiger partial charge in [-0.25, -0.2) is 4.79 Å². The van der Waals surface area contributed by atoms with Gasteiger partial charge in [-0.1, -0.05) is 23.7 Å². The highest BCUT2D eigenvalue weighted by Gasteiger charge is 2.18. The molecule has 1 aromatic heterocycles. The molecule has 0 unspecified atom stereocenters. The van der Waals surface area contributed by atoms with Gasteiger partial charge in [0.1, 0.15) is 17.1 Å². The molecule has 0 N–H and O–H groups in total. The number of carbonyl (C=O) groups excluding carboxylic acids is 2. The van der Waals surface area contributed by atoms with E-state index < -0.39 is 5.97 Å². The molecule has 2 rings (SSSR count). The number of carbonyl (C=O) groups is 2. The Hall–Kier alpha value is -1.92. The molecule has 24 heavy (non-hydrogen) atoms. The van der Waals surface area contributed by atoms with Gasteiger partial charge in [-0.2, -0.15) is 0 Å². The number of thioether (sulfide) groups is 1. The lowest BCUT2D eigenvalue weighted by Gasteiger charge is -2.15. The molecule has 0 aliphatic carbocycles. The van der Waals surface area contributed by atoms with E-state index in [-0.39, 0.29) is 18.2 Å². The number of benzene rings is 1. The second-order valence-electron chi connectivity index (χ2n) is 5.14. The maximum Gasteiger partial charge on any atom is 0.341 e. The Morgan fingerprint density at radius 1 is 1.33 bits per heavy atom. The SMILES string of the molecule is COC(=O)c1cc(CN(C)C(=O)CSc2ccccc2Cl)oc1C. The lowest BCUT2D eigenvalue weighted by atomic mass is 10.2. The third-order valence-electron chi connectivity index (χ3n) is 3.38. The highest BCUT2D eigenvalue weighted by molar-refractivity contribution is 8.00. The van der Waals surface area contributed by atoms with Crippen LogP contribution in [0.1, 0.15) is 21.9 Å². The summed E-state index contributed by atoms with van der Waals surface area (Å²) in [6.07, 6.45) is 0. The second-order valence-corrected chi connectivity index (χ2v) is 6.57. The van der Waals surface area contributed by atoms with Gasteiger partial charge in [0.05, 0.1) is 24.4 Å². The van der Waals surface area contributed by atoms with Crippen LogP contribution in [0.4, 0.5) is 0 Å². The van der Waals surface area contributed by atoms with Crippen molar-refractivity contribution in [3.63, 3.8) is 0 Å². The highest BCUT2D eigenvalue weighted by Crippen LogP contribution is 2.26. The molecule has 0 saturated carbocycles. The van der Waals surface area contributed by atoms with Crippen molar-refractivity contribution >= 4 is 35.2 Å². The minimum Gasteiger partial charge on any atom is -0.465 e. The summed E-state index contributed by atoms with van der Waals surface area (Å²) in [6, 6.07) is 8.99. The maximum atomic E-state index is 12.2. The lowest BCUT2D eigenvalue weighted by Crippen LogP contribution is -2.27. The normalized spacial score (nSPS) is 10.5. The molecular formula is C17H18ClNO4S. The molecular weight excluding hydrogens is 350 g/mol. The van der Waals surface area contributed by atoms with Gasteiger partial charge in [0, 0.05) is 11.9 Å². The molecule has 5 nitrogen and oxygen atoms in total. The van der Waals surface area contributed by atoms with Crippen molar-refractivity contribution in [2.75, 3.05) is 19.9 Å². The van der Waals surface area contributed by atoms with Crippen LogP contribution in [0.15, 0.2) is 39.6 Å². The number of nitrogens with zero attached hydrogens (tertiary/aromatic N) is 1. The first-order chi connectivity index (χ1) is 11.4. The van der Waals surface area contributed by atoms with Crippen LogP contribution in [0.25, 0.3) is 0 Å². The molecule has 0 saturated heterocycles. The summed E-state index contributed by atoms with van der Waals surface area (Å²) in [5.74, 6) is 0.762. The predicted molar refractivity (Wildman–Crippen MR) is 93.4 cm³/mol. The fraction of sp³-hybridized carbons (Fsp3) is 0.294. The van der Waals surface area contributed by atoms with Gasteiger partial charge >= 0.3 is 5.97 Å². The minimum absolute atomic E-state index is 0.0615. The molecule has 0 fully saturated rings. The van der Waals surface area contributed by atoms with Crippen LogP contribution in [0.3, 0.4) is 0 Å². The number of methoxy groups -OCH3 is 1. The third-order valence-corrected chi connectivity index (χ3v) is 4.88. The maximum absolute atomic E-state index is 12.2. The molecule has 1 heterocycles. The summed E-state index contributed by atoms with van der Waals surface area (Å²) >= 11 is 7.46. The van der Waals surface area contributed by atoms with Crippen LogP contribution in [-0.2, 0) is 16.1 Å². The number of hydrogen-bond donors (Lipinski definition) is 0. The summed E-state index contributed by atoms with van der Waals surface area (Å²) < 4.78 is 10.2. The molecule has 0 atom stereocenters. The number of hydrogen-bond acceptors (Lipinski definition) is 5. The average Bonchev–Trinajstić information content (AvgIpc) is 2.93. The molecule has 1 aromatic carbocycles. The molecule has 0 radical (unpaired) electrons. The van der Waals surface area contributed by atoms with Crippen LogP contribution in [-0.4, -0.2) is 36.7 Å². The van der Waals surface area contributed by atoms with Crippen molar-refractivity contribution in [2.45, 2.75) is 18.4 Å². The number of esters is 1. The Labute approximate surface area is 149 Å². The summed E-state index contributed by atoms with van der Waals surface area (Å²) in [5.41, 5.74) is 0.374. The van der Waals surface area contributed by atoms with E-state index in [0.29, 0.717) is 22.1 Å². The van der Waals surface area contributed by atoms with Gasteiger partial charge in [0.15, 0.2) is 0 Å². The summed E-state index contributed by atoms with van der Waals surface area (Å²) in [5, 5.41) is 0.627. The van der Waals surface area contributed by atoms with Gasteiger partial charge in [0.2, 0.25) is 5.91 Å². The van der Waals surface area contributed by atoms with Crippen molar-refractivity contribution in [3.8, 4) is 0 Å². The van der Waals surface area contributed by atoms with E-state index >= 15 is 0 Å². The molecule has 0 spiro atoms. The molecule has 7 heteroatoms. The third kappa shape index (κ3) is 4.55. The first kappa shape index (κ1) is 18.4. The largest absolute Gasteiger partial charge is 0.465 e. The van der Waals surface area contributed by atoms with E-state index in [0.717, 1.165) is 4.90 Å². The van der Waals surface area contributed by atoms with E-state index in [1.54, 1.807) is 31.0 Å². The topological polar surface area (TPSA) is 59.8 Å². The van der Waals surface area contributed by atoms with Crippen molar-refractivity contribution < 1.29 is 18.7 Å². The van der Waals surface area contributed by atoms with Crippen LogP contribution < -0.4 is 0 Å². The number of ether oxygens (including phenoxy) is 1. The second kappa shape index (κ2) is 8.26. The van der Waals surface area contributed by atoms with E-state index in [9.17, 15) is 9.59 Å². The van der Waals surface area contributed by atoms with Gasteiger partial charge in [-0.3, -0.25) is 4.79 Å². The van der Waals surface area contributed by atoms with Crippen molar-refractivity contribution in [1.82, 2.24) is 4.90 Å². The Morgan fingerprint density at radius 2 is 2.04 bits per heavy atom. The zero-order valence-corrected chi connectivity index (χ0v) is 15.2. The van der Waals surface area contributed by atoms with Gasteiger partial charge in [-0.05, 0) is 25.1 Å². The van der Waals surface area contributed by atoms with Gasteiger partial charge in [-0.15, -0.1) is 11.8 Å². The number of halogens is 1. The van der Waals surface area contributed by atoms with E-state index in [1.807, 2.05) is 18.2 Å². The fourth-order valence-corrected chi connectivity index (χ4v) is 3.25. The van der Waals surface area contributed by atoms with Crippen LogP contribution in [0.2, 0.25) is 5.02 Å². The highest BCUT2D eigenvalue weighted by atomic mass is 35.5. The zero-order chi connectivity index (χ0) is 17.7.